The maximum atomic E-state index is 13.7. The van der Waals surface area contributed by atoms with E-state index in [0.717, 1.165) is 48.6 Å². The van der Waals surface area contributed by atoms with Gasteiger partial charge in [0.15, 0.2) is 0 Å². The second-order valence-electron chi connectivity index (χ2n) is 8.76. The zero-order valence-electron chi connectivity index (χ0n) is 18.0. The predicted octanol–water partition coefficient (Wildman–Crippen LogP) is 4.22. The highest BCUT2D eigenvalue weighted by atomic mass is 19.1. The number of anilines is 1. The minimum Gasteiger partial charge on any atom is -0.367 e. The van der Waals surface area contributed by atoms with Crippen molar-refractivity contribution in [3.05, 3.63) is 82.9 Å². The second-order valence-corrected chi connectivity index (χ2v) is 8.76. The van der Waals surface area contributed by atoms with Crippen molar-refractivity contribution >= 4 is 12.1 Å². The van der Waals surface area contributed by atoms with E-state index in [1.807, 2.05) is 24.4 Å². The summed E-state index contributed by atoms with van der Waals surface area (Å²) in [5, 5.41) is 0. The van der Waals surface area contributed by atoms with Gasteiger partial charge in [0.05, 0.1) is 11.7 Å². The number of aryl methyl sites for hydroxylation is 2. The molecule has 0 radical (unpaired) electrons. The average Bonchev–Trinajstić information content (AvgIpc) is 3.24. The fraction of sp³-hybridized carbons (Fsp3) is 0.360. The lowest BCUT2D eigenvalue weighted by Crippen LogP contribution is -2.48. The van der Waals surface area contributed by atoms with Crippen LogP contribution in [0, 0.1) is 18.6 Å². The van der Waals surface area contributed by atoms with Crippen LogP contribution in [0.4, 0.5) is 14.5 Å². The van der Waals surface area contributed by atoms with Crippen molar-refractivity contribution in [1.82, 2.24) is 14.5 Å². The number of rotatable bonds is 4. The number of amides is 1. The maximum Gasteiger partial charge on any atom is 0.210 e. The first-order valence-corrected chi connectivity index (χ1v) is 11.1. The molecule has 2 atom stereocenters. The van der Waals surface area contributed by atoms with Crippen LogP contribution in [0.2, 0.25) is 0 Å². The molecule has 166 valence electrons. The monoisotopic (exact) mass is 436 g/mol. The van der Waals surface area contributed by atoms with Crippen molar-refractivity contribution in [3.63, 3.8) is 0 Å². The SMILES string of the molecule is Cc1cc(C2CCc3nc(C4CN(c5cccc(F)c5)CCN4C=O)cn3C2)ccc1F. The third kappa shape index (κ3) is 3.87. The van der Waals surface area contributed by atoms with E-state index in [0.29, 0.717) is 31.1 Å². The van der Waals surface area contributed by atoms with Gasteiger partial charge in [0.1, 0.15) is 17.5 Å². The number of carbonyl (C=O) groups excluding carboxylic acids is 1. The summed E-state index contributed by atoms with van der Waals surface area (Å²) in [5.74, 6) is 0.880. The van der Waals surface area contributed by atoms with E-state index in [1.54, 1.807) is 24.0 Å². The van der Waals surface area contributed by atoms with E-state index in [1.165, 1.54) is 12.1 Å². The summed E-state index contributed by atoms with van der Waals surface area (Å²) < 4.78 is 29.6. The summed E-state index contributed by atoms with van der Waals surface area (Å²) in [5.41, 5.74) is 3.50. The third-order valence-electron chi connectivity index (χ3n) is 6.74. The topological polar surface area (TPSA) is 41.4 Å². The van der Waals surface area contributed by atoms with Crippen molar-refractivity contribution in [2.45, 2.75) is 38.3 Å². The van der Waals surface area contributed by atoms with Crippen molar-refractivity contribution in [2.75, 3.05) is 24.5 Å². The van der Waals surface area contributed by atoms with E-state index in [-0.39, 0.29) is 17.7 Å². The molecule has 0 saturated carbocycles. The Bertz CT molecular complexity index is 1140. The lowest BCUT2D eigenvalue weighted by molar-refractivity contribution is -0.120. The van der Waals surface area contributed by atoms with Gasteiger partial charge in [0.2, 0.25) is 6.41 Å². The van der Waals surface area contributed by atoms with Crippen LogP contribution in [0.25, 0.3) is 0 Å². The first-order chi connectivity index (χ1) is 15.5. The van der Waals surface area contributed by atoms with Gasteiger partial charge in [-0.2, -0.15) is 0 Å². The minimum absolute atomic E-state index is 0.177. The molecule has 2 aliphatic heterocycles. The number of carbonyl (C=O) groups is 1. The van der Waals surface area contributed by atoms with Gasteiger partial charge in [-0.1, -0.05) is 18.2 Å². The number of fused-ring (bicyclic) bond motifs is 1. The lowest BCUT2D eigenvalue weighted by atomic mass is 9.90. The van der Waals surface area contributed by atoms with E-state index in [4.69, 9.17) is 4.98 Å². The van der Waals surface area contributed by atoms with Crippen LogP contribution in [0.15, 0.2) is 48.7 Å². The highest BCUT2D eigenvalue weighted by molar-refractivity contribution is 5.53. The number of hydrogen-bond donors (Lipinski definition) is 0. The highest BCUT2D eigenvalue weighted by Crippen LogP contribution is 2.33. The Morgan fingerprint density at radius 3 is 2.75 bits per heavy atom. The maximum absolute atomic E-state index is 13.7. The average molecular weight is 437 g/mol. The Kier molecular flexibility index (Phi) is 5.41. The standard InChI is InChI=1S/C25H26F2N4O/c1-17-11-18(5-7-22(17)27)19-6-8-25-28-23(14-31(25)13-19)24-15-29(9-10-30(24)16-32)21-4-2-3-20(26)12-21/h2-5,7,11-12,14,16,19,24H,6,8-10,13,15H2,1H3. The van der Waals surface area contributed by atoms with E-state index in [9.17, 15) is 13.6 Å². The molecule has 2 aromatic carbocycles. The van der Waals surface area contributed by atoms with Crippen LogP contribution in [-0.2, 0) is 17.8 Å². The summed E-state index contributed by atoms with van der Waals surface area (Å²) in [6, 6.07) is 11.7. The molecule has 1 amide bonds. The van der Waals surface area contributed by atoms with Crippen LogP contribution in [-0.4, -0.2) is 40.5 Å². The first kappa shape index (κ1) is 20.7. The molecule has 0 spiro atoms. The Labute approximate surface area is 186 Å². The second kappa shape index (κ2) is 8.37. The summed E-state index contributed by atoms with van der Waals surface area (Å²) in [7, 11) is 0. The molecule has 32 heavy (non-hydrogen) atoms. The van der Waals surface area contributed by atoms with Crippen LogP contribution in [0.1, 0.15) is 41.0 Å². The number of hydrogen-bond acceptors (Lipinski definition) is 3. The van der Waals surface area contributed by atoms with Crippen molar-refractivity contribution in [2.24, 2.45) is 0 Å². The zero-order chi connectivity index (χ0) is 22.2. The zero-order valence-corrected chi connectivity index (χ0v) is 18.0. The quantitative estimate of drug-likeness (QED) is 0.575. The molecule has 0 bridgehead atoms. The predicted molar refractivity (Wildman–Crippen MR) is 119 cm³/mol. The van der Waals surface area contributed by atoms with Gasteiger partial charge < -0.3 is 14.4 Å². The molecular weight excluding hydrogens is 410 g/mol. The normalized spacial score (nSPS) is 20.8. The van der Waals surface area contributed by atoms with Crippen LogP contribution in [0.5, 0.6) is 0 Å². The summed E-state index contributed by atoms with van der Waals surface area (Å²) in [6.07, 6.45) is 4.73. The fourth-order valence-electron chi connectivity index (χ4n) is 4.91. The number of imidazole rings is 1. The number of piperazine rings is 1. The fourth-order valence-corrected chi connectivity index (χ4v) is 4.91. The van der Waals surface area contributed by atoms with Gasteiger partial charge in [-0.3, -0.25) is 4.79 Å². The van der Waals surface area contributed by atoms with Gasteiger partial charge >= 0.3 is 0 Å². The highest BCUT2D eigenvalue weighted by Gasteiger charge is 2.31. The largest absolute Gasteiger partial charge is 0.367 e. The Morgan fingerprint density at radius 2 is 1.97 bits per heavy atom. The molecule has 7 heteroatoms. The van der Waals surface area contributed by atoms with Crippen molar-refractivity contribution in [3.8, 4) is 0 Å². The molecule has 0 N–H and O–H groups in total. The van der Waals surface area contributed by atoms with Gasteiger partial charge in [-0.05, 0) is 48.7 Å². The van der Waals surface area contributed by atoms with Gasteiger partial charge in [0, 0.05) is 50.4 Å². The van der Waals surface area contributed by atoms with Gasteiger partial charge in [0.25, 0.3) is 0 Å². The molecule has 5 rings (SSSR count). The van der Waals surface area contributed by atoms with Crippen molar-refractivity contribution in [1.29, 1.82) is 0 Å². The molecule has 0 aliphatic carbocycles. The Balaban J connectivity index is 1.38. The molecule has 2 aliphatic rings. The molecule has 1 saturated heterocycles. The number of halogens is 2. The van der Waals surface area contributed by atoms with Crippen LogP contribution >= 0.6 is 0 Å². The molecule has 1 fully saturated rings. The molecule has 1 aromatic heterocycles. The number of nitrogens with zero attached hydrogens (tertiary/aromatic N) is 4. The molecule has 5 nitrogen and oxygen atoms in total. The van der Waals surface area contributed by atoms with Crippen molar-refractivity contribution < 1.29 is 13.6 Å². The van der Waals surface area contributed by atoms with Crippen LogP contribution < -0.4 is 4.90 Å². The number of aromatic nitrogens is 2. The van der Waals surface area contributed by atoms with E-state index >= 15 is 0 Å². The Hall–Kier alpha value is -3.22. The van der Waals surface area contributed by atoms with E-state index < -0.39 is 0 Å². The molecular formula is C25H26F2N4O. The Morgan fingerprint density at radius 1 is 1.09 bits per heavy atom. The molecule has 3 heterocycles. The van der Waals surface area contributed by atoms with Gasteiger partial charge in [-0.25, -0.2) is 13.8 Å². The smallest absolute Gasteiger partial charge is 0.210 e. The minimum atomic E-state index is -0.267. The summed E-state index contributed by atoms with van der Waals surface area (Å²) in [4.78, 5) is 20.5. The summed E-state index contributed by atoms with van der Waals surface area (Å²) >= 11 is 0. The lowest BCUT2D eigenvalue weighted by Gasteiger charge is -2.40. The van der Waals surface area contributed by atoms with E-state index in [2.05, 4.69) is 9.47 Å². The summed E-state index contributed by atoms with van der Waals surface area (Å²) in [6.45, 7) is 4.36. The first-order valence-electron chi connectivity index (χ1n) is 11.1. The molecule has 3 aromatic rings. The van der Waals surface area contributed by atoms with Crippen LogP contribution in [0.3, 0.4) is 0 Å². The number of benzene rings is 2. The third-order valence-corrected chi connectivity index (χ3v) is 6.74. The van der Waals surface area contributed by atoms with Gasteiger partial charge in [-0.15, -0.1) is 0 Å². The molecule has 2 unspecified atom stereocenters.